The van der Waals surface area contributed by atoms with Gasteiger partial charge < -0.3 is 0 Å². The van der Waals surface area contributed by atoms with Crippen LogP contribution < -0.4 is 4.72 Å². The van der Waals surface area contributed by atoms with Crippen molar-refractivity contribution >= 4 is 10.0 Å². The Bertz CT molecular complexity index is 765. The van der Waals surface area contributed by atoms with Gasteiger partial charge >= 0.3 is 0 Å². The largest absolute Gasteiger partial charge is 0.241 e. The van der Waals surface area contributed by atoms with Gasteiger partial charge in [-0.1, -0.05) is 49.7 Å². The van der Waals surface area contributed by atoms with Crippen LogP contribution in [0.1, 0.15) is 36.9 Å². The minimum atomic E-state index is -3.66. The molecule has 0 aliphatic heterocycles. The fourth-order valence-corrected chi connectivity index (χ4v) is 3.56. The van der Waals surface area contributed by atoms with Gasteiger partial charge in [-0.05, 0) is 30.2 Å². The lowest BCUT2D eigenvalue weighted by molar-refractivity contribution is 0.536. The van der Waals surface area contributed by atoms with E-state index in [9.17, 15) is 8.42 Å². The summed E-state index contributed by atoms with van der Waals surface area (Å²) in [5, 5.41) is 8.91. The summed E-state index contributed by atoms with van der Waals surface area (Å²) < 4.78 is 27.8. The highest BCUT2D eigenvalue weighted by atomic mass is 32.2. The summed E-state index contributed by atoms with van der Waals surface area (Å²) in [5.41, 5.74) is 1.26. The highest BCUT2D eigenvalue weighted by Crippen LogP contribution is 2.21. The zero-order valence-electron chi connectivity index (χ0n) is 12.4. The van der Waals surface area contributed by atoms with Crippen molar-refractivity contribution in [2.24, 2.45) is 0 Å². The molecule has 1 N–H and O–H groups in total. The highest BCUT2D eigenvalue weighted by molar-refractivity contribution is 7.89. The first-order valence-electron chi connectivity index (χ1n) is 7.14. The van der Waals surface area contributed by atoms with E-state index in [2.05, 4.69) is 4.72 Å². The third-order valence-electron chi connectivity index (χ3n) is 3.35. The number of benzene rings is 2. The van der Waals surface area contributed by atoms with E-state index in [4.69, 9.17) is 5.26 Å². The summed E-state index contributed by atoms with van der Waals surface area (Å²) in [6, 6.07) is 17.2. The molecule has 2 aromatic carbocycles. The van der Waals surface area contributed by atoms with E-state index in [1.807, 2.05) is 43.3 Å². The van der Waals surface area contributed by atoms with Gasteiger partial charge in [0.25, 0.3) is 0 Å². The van der Waals surface area contributed by atoms with Gasteiger partial charge in [0.05, 0.1) is 16.5 Å². The highest BCUT2D eigenvalue weighted by Gasteiger charge is 2.21. The molecule has 0 bridgehead atoms. The summed E-state index contributed by atoms with van der Waals surface area (Å²) >= 11 is 0. The van der Waals surface area contributed by atoms with Crippen LogP contribution in [0.15, 0.2) is 59.5 Å². The van der Waals surface area contributed by atoms with Gasteiger partial charge in [-0.15, -0.1) is 0 Å². The van der Waals surface area contributed by atoms with Gasteiger partial charge in [-0.25, -0.2) is 13.1 Å². The van der Waals surface area contributed by atoms with Crippen LogP contribution in [0.2, 0.25) is 0 Å². The average molecular weight is 314 g/mol. The molecule has 0 fully saturated rings. The topological polar surface area (TPSA) is 70.0 Å². The van der Waals surface area contributed by atoms with Crippen molar-refractivity contribution in [2.45, 2.75) is 30.7 Å². The van der Waals surface area contributed by atoms with E-state index in [1.165, 1.54) is 12.1 Å². The fourth-order valence-electron chi connectivity index (χ4n) is 2.26. The summed E-state index contributed by atoms with van der Waals surface area (Å²) in [4.78, 5) is 0.114. The molecule has 0 aliphatic rings. The Morgan fingerprint density at radius 2 is 1.86 bits per heavy atom. The zero-order valence-corrected chi connectivity index (χ0v) is 13.2. The molecule has 0 heterocycles. The van der Waals surface area contributed by atoms with Gasteiger partial charge in [-0.3, -0.25) is 0 Å². The van der Waals surface area contributed by atoms with Crippen LogP contribution in [0, 0.1) is 11.3 Å². The van der Waals surface area contributed by atoms with Crippen LogP contribution in [0.3, 0.4) is 0 Å². The lowest BCUT2D eigenvalue weighted by Crippen LogP contribution is -2.28. The maximum Gasteiger partial charge on any atom is 0.241 e. The molecule has 0 aromatic heterocycles. The second-order valence-corrected chi connectivity index (χ2v) is 6.73. The van der Waals surface area contributed by atoms with Crippen LogP contribution in [0.4, 0.5) is 0 Å². The summed E-state index contributed by atoms with van der Waals surface area (Å²) in [7, 11) is -3.66. The average Bonchev–Trinajstić information content (AvgIpc) is 2.55. The van der Waals surface area contributed by atoms with Gasteiger partial charge in [-0.2, -0.15) is 5.26 Å². The predicted octanol–water partition coefficient (Wildman–Crippen LogP) is 3.38. The number of nitrogens with one attached hydrogen (secondary N) is 1. The van der Waals surface area contributed by atoms with Crippen molar-refractivity contribution in [3.05, 3.63) is 65.7 Å². The Balaban J connectivity index is 2.30. The maximum atomic E-state index is 12.5. The first-order chi connectivity index (χ1) is 10.6. The standard InChI is InChI=1S/C17H18N2O2S/c1-2-7-17(15-9-4-3-5-10-15)19-22(20,21)16-11-6-8-14(12-16)13-18/h3-6,8-12,17,19H,2,7H2,1H3. The minimum absolute atomic E-state index is 0.114. The molecule has 0 aliphatic carbocycles. The van der Waals surface area contributed by atoms with Gasteiger partial charge in [0.15, 0.2) is 0 Å². The molecule has 0 saturated carbocycles. The Morgan fingerprint density at radius 3 is 2.50 bits per heavy atom. The molecule has 1 unspecified atom stereocenters. The first kappa shape index (κ1) is 16.2. The number of nitriles is 1. The molecule has 4 nitrogen and oxygen atoms in total. The molecule has 2 rings (SSSR count). The maximum absolute atomic E-state index is 12.5. The Morgan fingerprint density at radius 1 is 1.14 bits per heavy atom. The molecule has 0 amide bonds. The second-order valence-electron chi connectivity index (χ2n) is 5.01. The zero-order chi connectivity index (χ0) is 16.0. The van der Waals surface area contributed by atoms with Gasteiger partial charge in [0.1, 0.15) is 0 Å². The first-order valence-corrected chi connectivity index (χ1v) is 8.62. The van der Waals surface area contributed by atoms with Gasteiger partial charge in [0.2, 0.25) is 10.0 Å². The lowest BCUT2D eigenvalue weighted by Gasteiger charge is -2.18. The number of sulfonamides is 1. The Kier molecular flexibility index (Phi) is 5.31. The summed E-state index contributed by atoms with van der Waals surface area (Å²) in [6.45, 7) is 2.01. The van der Waals surface area contributed by atoms with Crippen LogP contribution in [-0.2, 0) is 10.0 Å². The number of hydrogen-bond acceptors (Lipinski definition) is 3. The summed E-state index contributed by atoms with van der Waals surface area (Å²) in [6.07, 6.45) is 1.57. The van der Waals surface area contributed by atoms with Crippen molar-refractivity contribution < 1.29 is 8.42 Å². The third kappa shape index (κ3) is 3.94. The summed E-state index contributed by atoms with van der Waals surface area (Å²) in [5.74, 6) is 0. The normalized spacial score (nSPS) is 12.5. The van der Waals surface area contributed by atoms with E-state index >= 15 is 0 Å². The second kappa shape index (κ2) is 7.21. The fraction of sp³-hybridized carbons (Fsp3) is 0.235. The molecule has 22 heavy (non-hydrogen) atoms. The Labute approximate surface area is 131 Å². The molecule has 114 valence electrons. The van der Waals surface area contributed by atoms with Crippen LogP contribution >= 0.6 is 0 Å². The van der Waals surface area contributed by atoms with E-state index in [-0.39, 0.29) is 10.9 Å². The number of nitrogens with zero attached hydrogens (tertiary/aromatic N) is 1. The van der Waals surface area contributed by atoms with E-state index in [1.54, 1.807) is 12.1 Å². The number of hydrogen-bond donors (Lipinski definition) is 1. The Hall–Kier alpha value is -2.16. The van der Waals surface area contributed by atoms with Crippen LogP contribution in [-0.4, -0.2) is 8.42 Å². The SMILES string of the molecule is CCCC(NS(=O)(=O)c1cccc(C#N)c1)c1ccccc1. The molecule has 0 saturated heterocycles. The minimum Gasteiger partial charge on any atom is -0.207 e. The molecule has 0 spiro atoms. The lowest BCUT2D eigenvalue weighted by atomic mass is 10.0. The molecule has 1 atom stereocenters. The molecular formula is C17H18N2O2S. The molecule has 5 heteroatoms. The predicted molar refractivity (Wildman–Crippen MR) is 85.6 cm³/mol. The van der Waals surface area contributed by atoms with Crippen molar-refractivity contribution in [3.8, 4) is 6.07 Å². The van der Waals surface area contributed by atoms with Crippen molar-refractivity contribution in [1.29, 1.82) is 5.26 Å². The van der Waals surface area contributed by atoms with Crippen LogP contribution in [0.5, 0.6) is 0 Å². The molecule has 2 aromatic rings. The molecular weight excluding hydrogens is 296 g/mol. The van der Waals surface area contributed by atoms with Crippen molar-refractivity contribution in [1.82, 2.24) is 4.72 Å². The van der Waals surface area contributed by atoms with E-state index in [0.717, 1.165) is 12.0 Å². The number of rotatable bonds is 6. The van der Waals surface area contributed by atoms with E-state index < -0.39 is 10.0 Å². The quantitative estimate of drug-likeness (QED) is 0.888. The van der Waals surface area contributed by atoms with Crippen molar-refractivity contribution in [3.63, 3.8) is 0 Å². The third-order valence-corrected chi connectivity index (χ3v) is 4.82. The smallest absolute Gasteiger partial charge is 0.207 e. The van der Waals surface area contributed by atoms with Gasteiger partial charge in [0, 0.05) is 6.04 Å². The monoisotopic (exact) mass is 314 g/mol. The molecule has 0 radical (unpaired) electrons. The van der Waals surface area contributed by atoms with Crippen LogP contribution in [0.25, 0.3) is 0 Å². The van der Waals surface area contributed by atoms with Crippen molar-refractivity contribution in [2.75, 3.05) is 0 Å². The van der Waals surface area contributed by atoms with E-state index in [0.29, 0.717) is 12.0 Å².